The molecule has 0 saturated carbocycles. The van der Waals surface area contributed by atoms with Crippen LogP contribution in [0.25, 0.3) is 0 Å². The molecule has 0 bridgehead atoms. The molecule has 0 radical (unpaired) electrons. The van der Waals surface area contributed by atoms with Gasteiger partial charge in [0.05, 0.1) is 18.2 Å². The van der Waals surface area contributed by atoms with Gasteiger partial charge in [0.1, 0.15) is 5.15 Å². The van der Waals surface area contributed by atoms with Crippen LogP contribution < -0.4 is 5.73 Å². The Morgan fingerprint density at radius 3 is 2.60 bits per heavy atom. The van der Waals surface area contributed by atoms with Crippen molar-refractivity contribution in [2.75, 3.05) is 0 Å². The fourth-order valence-electron chi connectivity index (χ4n) is 0.923. The summed E-state index contributed by atoms with van der Waals surface area (Å²) < 4.78 is 0. The average Bonchev–Trinajstić information content (AvgIpc) is 2.03. The smallest absolute Gasteiger partial charge is 0.305 e. The number of carbonyl (C=O) groups is 1. The van der Waals surface area contributed by atoms with Gasteiger partial charge in [0.15, 0.2) is 0 Å². The molecule has 0 aliphatic rings. The van der Waals surface area contributed by atoms with E-state index in [1.165, 1.54) is 0 Å². The van der Waals surface area contributed by atoms with Crippen LogP contribution in [0.4, 0.5) is 0 Å². The zero-order valence-electron chi connectivity index (χ0n) is 7.59. The molecule has 1 aromatic rings. The number of pyridine rings is 1. The third kappa shape index (κ3) is 5.79. The quantitative estimate of drug-likeness (QED) is 0.827. The van der Waals surface area contributed by atoms with Crippen LogP contribution in [-0.2, 0) is 4.79 Å². The molecule has 3 N–H and O–H groups in total. The van der Waals surface area contributed by atoms with Gasteiger partial charge in [-0.1, -0.05) is 17.7 Å². The van der Waals surface area contributed by atoms with Gasteiger partial charge in [-0.3, -0.25) is 4.79 Å². The van der Waals surface area contributed by atoms with Crippen molar-refractivity contribution in [2.45, 2.75) is 12.5 Å². The van der Waals surface area contributed by atoms with Crippen LogP contribution in [0, 0.1) is 0 Å². The van der Waals surface area contributed by atoms with Gasteiger partial charge in [0, 0.05) is 0 Å². The largest absolute Gasteiger partial charge is 0.481 e. The highest BCUT2D eigenvalue weighted by molar-refractivity contribution is 6.29. The lowest BCUT2D eigenvalue weighted by atomic mass is 10.1. The summed E-state index contributed by atoms with van der Waals surface area (Å²) in [5, 5.41) is 8.79. The predicted molar refractivity (Wildman–Crippen MR) is 62.9 cm³/mol. The molecule has 0 unspecified atom stereocenters. The lowest BCUT2D eigenvalue weighted by molar-refractivity contribution is -0.137. The van der Waals surface area contributed by atoms with E-state index >= 15 is 0 Å². The molecule has 86 valence electrons. The number of halogens is 3. The third-order valence-electron chi connectivity index (χ3n) is 1.51. The molecule has 0 spiro atoms. The number of nitrogens with two attached hydrogens (primary N) is 1. The molecule has 1 heterocycles. The Kier molecular flexibility index (Phi) is 8.66. The molecule has 0 amide bonds. The van der Waals surface area contributed by atoms with Gasteiger partial charge in [-0.25, -0.2) is 4.98 Å². The third-order valence-corrected chi connectivity index (χ3v) is 1.72. The number of hydrogen-bond donors (Lipinski definition) is 2. The molecule has 0 fully saturated rings. The first-order chi connectivity index (χ1) is 6.09. The van der Waals surface area contributed by atoms with Gasteiger partial charge in [-0.2, -0.15) is 0 Å². The Morgan fingerprint density at radius 2 is 2.13 bits per heavy atom. The maximum absolute atomic E-state index is 10.3. The van der Waals surface area contributed by atoms with Crippen molar-refractivity contribution in [3.8, 4) is 0 Å². The van der Waals surface area contributed by atoms with Crippen LogP contribution in [0.3, 0.4) is 0 Å². The SMILES string of the molecule is Cl.Cl.N[C@@H](CC(=O)O)c1cccc(Cl)n1. The molecule has 0 aliphatic carbocycles. The van der Waals surface area contributed by atoms with Crippen molar-refractivity contribution in [2.24, 2.45) is 5.73 Å². The fraction of sp³-hybridized carbons (Fsp3) is 0.250. The monoisotopic (exact) mass is 272 g/mol. The topological polar surface area (TPSA) is 76.2 Å². The fourth-order valence-corrected chi connectivity index (χ4v) is 1.09. The second kappa shape index (κ2) is 7.70. The number of aliphatic carboxylic acids is 1. The minimum absolute atomic E-state index is 0. The summed E-state index contributed by atoms with van der Waals surface area (Å²) in [6, 6.07) is 4.35. The number of hydrogen-bond acceptors (Lipinski definition) is 3. The first-order valence-electron chi connectivity index (χ1n) is 3.69. The highest BCUT2D eigenvalue weighted by atomic mass is 35.5. The predicted octanol–water partition coefficient (Wildman–Crippen LogP) is 2.05. The maximum Gasteiger partial charge on any atom is 0.305 e. The van der Waals surface area contributed by atoms with Gasteiger partial charge >= 0.3 is 5.97 Å². The van der Waals surface area contributed by atoms with Crippen molar-refractivity contribution in [1.82, 2.24) is 4.98 Å². The summed E-state index contributed by atoms with van der Waals surface area (Å²) >= 11 is 5.61. The normalized spacial score (nSPS) is 10.8. The van der Waals surface area contributed by atoms with E-state index in [1.807, 2.05) is 0 Å². The van der Waals surface area contributed by atoms with Crippen molar-refractivity contribution in [3.05, 3.63) is 29.0 Å². The van der Waals surface area contributed by atoms with Crippen LogP contribution in [-0.4, -0.2) is 16.1 Å². The molecular weight excluding hydrogens is 262 g/mol. The highest BCUT2D eigenvalue weighted by Gasteiger charge is 2.11. The first kappa shape index (κ1) is 16.9. The summed E-state index contributed by atoms with van der Waals surface area (Å²) in [7, 11) is 0. The van der Waals surface area contributed by atoms with Crippen molar-refractivity contribution in [3.63, 3.8) is 0 Å². The van der Waals surface area contributed by atoms with E-state index in [-0.39, 0.29) is 31.2 Å². The Labute approximate surface area is 105 Å². The van der Waals surface area contributed by atoms with Gasteiger partial charge in [-0.05, 0) is 12.1 Å². The van der Waals surface area contributed by atoms with Gasteiger partial charge in [-0.15, -0.1) is 24.8 Å². The number of aromatic nitrogens is 1. The molecular formula is C8H11Cl3N2O2. The van der Waals surface area contributed by atoms with E-state index in [9.17, 15) is 4.79 Å². The van der Waals surface area contributed by atoms with E-state index in [0.29, 0.717) is 10.8 Å². The summed E-state index contributed by atoms with van der Waals surface area (Å²) in [5.74, 6) is -0.950. The molecule has 15 heavy (non-hydrogen) atoms. The second-order valence-electron chi connectivity index (χ2n) is 2.59. The minimum atomic E-state index is -0.950. The molecule has 0 aliphatic heterocycles. The molecule has 1 aromatic heterocycles. The molecule has 1 atom stereocenters. The van der Waals surface area contributed by atoms with E-state index in [2.05, 4.69) is 4.98 Å². The highest BCUT2D eigenvalue weighted by Crippen LogP contribution is 2.13. The van der Waals surface area contributed by atoms with Crippen molar-refractivity contribution < 1.29 is 9.90 Å². The van der Waals surface area contributed by atoms with E-state index < -0.39 is 12.0 Å². The molecule has 1 rings (SSSR count). The lowest BCUT2D eigenvalue weighted by Crippen LogP contribution is -2.16. The van der Waals surface area contributed by atoms with E-state index in [0.717, 1.165) is 0 Å². The Morgan fingerprint density at radius 1 is 1.53 bits per heavy atom. The maximum atomic E-state index is 10.3. The zero-order chi connectivity index (χ0) is 9.84. The summed E-state index contributed by atoms with van der Waals surface area (Å²) in [4.78, 5) is 14.2. The Hall–Kier alpha value is -0.550. The number of nitrogens with zero attached hydrogens (tertiary/aromatic N) is 1. The van der Waals surface area contributed by atoms with Crippen molar-refractivity contribution in [1.29, 1.82) is 0 Å². The first-order valence-corrected chi connectivity index (χ1v) is 4.07. The summed E-state index contributed by atoms with van der Waals surface area (Å²) in [6.07, 6.45) is -0.145. The van der Waals surface area contributed by atoms with E-state index in [4.69, 9.17) is 22.4 Å². The van der Waals surface area contributed by atoms with Crippen LogP contribution in [0.1, 0.15) is 18.2 Å². The molecule has 0 saturated heterocycles. The molecule has 4 nitrogen and oxygen atoms in total. The zero-order valence-corrected chi connectivity index (χ0v) is 9.98. The van der Waals surface area contributed by atoms with Crippen LogP contribution in [0.15, 0.2) is 18.2 Å². The summed E-state index contributed by atoms with van der Waals surface area (Å²) in [6.45, 7) is 0. The Bertz CT molecular complexity index is 323. The summed E-state index contributed by atoms with van der Waals surface area (Å²) in [5.41, 5.74) is 6.06. The van der Waals surface area contributed by atoms with Crippen LogP contribution >= 0.6 is 36.4 Å². The average molecular weight is 274 g/mol. The minimum Gasteiger partial charge on any atom is -0.481 e. The molecule has 7 heteroatoms. The number of carboxylic acids is 1. The van der Waals surface area contributed by atoms with Crippen LogP contribution in [0.5, 0.6) is 0 Å². The second-order valence-corrected chi connectivity index (χ2v) is 2.98. The van der Waals surface area contributed by atoms with Gasteiger partial charge < -0.3 is 10.8 Å². The number of rotatable bonds is 3. The van der Waals surface area contributed by atoms with Crippen molar-refractivity contribution >= 4 is 42.4 Å². The van der Waals surface area contributed by atoms with Crippen LogP contribution in [0.2, 0.25) is 5.15 Å². The Balaban J connectivity index is 0. The number of carboxylic acid groups (broad SMARTS) is 1. The van der Waals surface area contributed by atoms with E-state index in [1.54, 1.807) is 18.2 Å². The lowest BCUT2D eigenvalue weighted by Gasteiger charge is -2.07. The molecule has 0 aromatic carbocycles. The van der Waals surface area contributed by atoms with Gasteiger partial charge in [0.25, 0.3) is 0 Å². The van der Waals surface area contributed by atoms with Gasteiger partial charge in [0.2, 0.25) is 0 Å². The standard InChI is InChI=1S/C8H9ClN2O2.2ClH/c9-7-3-1-2-6(11-7)5(10)4-8(12)13;;/h1-3,5H,4,10H2,(H,12,13);2*1H/t5-;;/m0../s1.